The molecule has 0 heterocycles. The summed E-state index contributed by atoms with van der Waals surface area (Å²) in [5, 5.41) is 26.0. The Hall–Kier alpha value is -0.745. The molecule has 0 spiro atoms. The van der Waals surface area contributed by atoms with E-state index in [0.29, 0.717) is 5.69 Å². The van der Waals surface area contributed by atoms with Crippen LogP contribution in [-0.2, 0) is 0 Å². The Morgan fingerprint density at radius 3 is 2.17 bits per heavy atom. The normalized spacial score (nSPS) is 8.58. The van der Waals surface area contributed by atoms with E-state index >= 15 is 0 Å². The molecule has 0 aliphatic heterocycles. The van der Waals surface area contributed by atoms with Crippen LogP contribution in [0.4, 0.5) is 5.69 Å². The lowest BCUT2D eigenvalue weighted by atomic mass is 9.79. The van der Waals surface area contributed by atoms with Gasteiger partial charge in [-0.2, -0.15) is 0 Å². The van der Waals surface area contributed by atoms with Crippen molar-refractivity contribution >= 4 is 30.7 Å². The number of hydrogen-bond donors (Lipinski definition) is 4. The fraction of sp³-hybridized carbons (Fsp3) is 0. The van der Waals surface area contributed by atoms with Crippen LogP contribution in [0.3, 0.4) is 0 Å². The summed E-state index contributed by atoms with van der Waals surface area (Å²) >= 11 is 0. The molecule has 0 bridgehead atoms. The molecule has 0 amide bonds. The van der Waals surface area contributed by atoms with Crippen LogP contribution in [0.15, 0.2) is 24.3 Å². The van der Waals surface area contributed by atoms with Crippen molar-refractivity contribution in [3.63, 3.8) is 0 Å². The van der Waals surface area contributed by atoms with E-state index in [-0.39, 0.29) is 17.9 Å². The van der Waals surface area contributed by atoms with E-state index in [9.17, 15) is 0 Å². The summed E-state index contributed by atoms with van der Waals surface area (Å²) < 4.78 is 0. The summed E-state index contributed by atoms with van der Waals surface area (Å²) in [6.07, 6.45) is 0. The molecule has 0 unspecified atom stereocenters. The van der Waals surface area contributed by atoms with E-state index < -0.39 is 7.12 Å². The van der Waals surface area contributed by atoms with Crippen LogP contribution >= 0.6 is 12.4 Å². The topological polar surface area (TPSA) is 72.7 Å². The van der Waals surface area contributed by atoms with Gasteiger partial charge in [0.1, 0.15) is 0 Å². The maximum Gasteiger partial charge on any atom is 0.490 e. The Labute approximate surface area is 76.4 Å². The van der Waals surface area contributed by atoms with Gasteiger partial charge in [0.25, 0.3) is 0 Å². The number of rotatable bonds is 2. The van der Waals surface area contributed by atoms with Gasteiger partial charge < -0.3 is 10.0 Å². The Morgan fingerprint density at radius 1 is 1.17 bits per heavy atom. The van der Waals surface area contributed by atoms with E-state index in [0.717, 1.165) is 0 Å². The van der Waals surface area contributed by atoms with Crippen LogP contribution < -0.4 is 10.9 Å². The molecule has 6 heteroatoms. The summed E-state index contributed by atoms with van der Waals surface area (Å²) in [7, 11) is -1.56. The summed E-state index contributed by atoms with van der Waals surface area (Å²) in [6, 6.07) is 6.36. The van der Waals surface area contributed by atoms with E-state index in [1.807, 2.05) is 5.48 Å². The average molecular weight is 189 g/mol. The molecule has 0 radical (unpaired) electrons. The predicted molar refractivity (Wildman–Crippen MR) is 48.9 cm³/mol. The molecular formula is C6H9BClNO3. The van der Waals surface area contributed by atoms with E-state index in [2.05, 4.69) is 0 Å². The Bertz CT molecular complexity index is 246. The molecule has 0 saturated heterocycles. The van der Waals surface area contributed by atoms with Crippen LogP contribution in [0.5, 0.6) is 0 Å². The number of nitrogens with one attached hydrogen (secondary N) is 1. The van der Waals surface area contributed by atoms with Gasteiger partial charge in [-0.05, 0) is 6.07 Å². The minimum absolute atomic E-state index is 0. The van der Waals surface area contributed by atoms with Gasteiger partial charge in [-0.25, -0.2) is 0 Å². The van der Waals surface area contributed by atoms with Crippen LogP contribution in [0.1, 0.15) is 0 Å². The molecule has 1 aromatic rings. The predicted octanol–water partition coefficient (Wildman–Crippen LogP) is -0.411. The van der Waals surface area contributed by atoms with Crippen molar-refractivity contribution in [3.8, 4) is 0 Å². The van der Waals surface area contributed by atoms with Gasteiger partial charge in [0.05, 0.1) is 5.69 Å². The number of halogens is 1. The van der Waals surface area contributed by atoms with Gasteiger partial charge in [0.15, 0.2) is 0 Å². The monoisotopic (exact) mass is 189 g/mol. The summed E-state index contributed by atoms with van der Waals surface area (Å²) in [5.74, 6) is 0. The molecule has 0 saturated carbocycles. The molecule has 12 heavy (non-hydrogen) atoms. The minimum atomic E-state index is -1.56. The van der Waals surface area contributed by atoms with Crippen LogP contribution in [0, 0.1) is 0 Å². The summed E-state index contributed by atoms with van der Waals surface area (Å²) in [5.41, 5.74) is 2.40. The zero-order valence-corrected chi connectivity index (χ0v) is 6.95. The van der Waals surface area contributed by atoms with E-state index in [4.69, 9.17) is 15.3 Å². The third-order valence-electron chi connectivity index (χ3n) is 1.36. The summed E-state index contributed by atoms with van der Waals surface area (Å²) in [6.45, 7) is 0. The molecule has 4 nitrogen and oxygen atoms in total. The zero-order chi connectivity index (χ0) is 8.27. The first-order chi connectivity index (χ1) is 5.25. The molecular weight excluding hydrogens is 180 g/mol. The number of anilines is 1. The standard InChI is InChI=1S/C6H8BNO3.ClH/c9-7(10)5-3-1-2-4-6(5)8-11;/h1-4,8-11H;1H. The lowest BCUT2D eigenvalue weighted by Gasteiger charge is -2.05. The van der Waals surface area contributed by atoms with Crippen molar-refractivity contribution in [2.75, 3.05) is 5.48 Å². The maximum absolute atomic E-state index is 8.74. The second-order valence-electron chi connectivity index (χ2n) is 2.07. The number of para-hydroxylation sites is 1. The van der Waals surface area contributed by atoms with Gasteiger partial charge in [0, 0.05) is 5.46 Å². The van der Waals surface area contributed by atoms with E-state index in [1.54, 1.807) is 12.1 Å². The van der Waals surface area contributed by atoms with Crippen molar-refractivity contribution in [2.24, 2.45) is 0 Å². The Kier molecular flexibility index (Phi) is 4.69. The molecule has 0 fully saturated rings. The van der Waals surface area contributed by atoms with Gasteiger partial charge in [0.2, 0.25) is 0 Å². The van der Waals surface area contributed by atoms with Gasteiger partial charge in [-0.15, -0.1) is 12.4 Å². The molecule has 0 aliphatic rings. The summed E-state index contributed by atoms with van der Waals surface area (Å²) in [4.78, 5) is 0. The van der Waals surface area contributed by atoms with Crippen LogP contribution in [0.25, 0.3) is 0 Å². The quantitative estimate of drug-likeness (QED) is 0.377. The van der Waals surface area contributed by atoms with Crippen molar-refractivity contribution in [3.05, 3.63) is 24.3 Å². The van der Waals surface area contributed by atoms with E-state index in [1.165, 1.54) is 12.1 Å². The smallest absolute Gasteiger partial charge is 0.423 e. The largest absolute Gasteiger partial charge is 0.490 e. The first-order valence-corrected chi connectivity index (χ1v) is 3.11. The van der Waals surface area contributed by atoms with Crippen molar-refractivity contribution < 1.29 is 15.3 Å². The maximum atomic E-state index is 8.74. The van der Waals surface area contributed by atoms with Crippen molar-refractivity contribution in [1.29, 1.82) is 0 Å². The number of hydrogen-bond acceptors (Lipinski definition) is 4. The Balaban J connectivity index is 0.00000121. The molecule has 1 aromatic carbocycles. The zero-order valence-electron chi connectivity index (χ0n) is 6.14. The lowest BCUT2D eigenvalue weighted by molar-refractivity contribution is 0.387. The molecule has 1 rings (SSSR count). The van der Waals surface area contributed by atoms with Crippen LogP contribution in [-0.4, -0.2) is 22.4 Å². The highest BCUT2D eigenvalue weighted by molar-refractivity contribution is 6.60. The van der Waals surface area contributed by atoms with Gasteiger partial charge in [-0.1, -0.05) is 18.2 Å². The third-order valence-corrected chi connectivity index (χ3v) is 1.36. The van der Waals surface area contributed by atoms with Crippen LogP contribution in [0.2, 0.25) is 0 Å². The van der Waals surface area contributed by atoms with Crippen molar-refractivity contribution in [2.45, 2.75) is 0 Å². The highest BCUT2D eigenvalue weighted by atomic mass is 35.5. The van der Waals surface area contributed by atoms with Gasteiger partial charge in [-0.3, -0.25) is 10.7 Å². The number of benzene rings is 1. The molecule has 4 N–H and O–H groups in total. The average Bonchev–Trinajstić information content (AvgIpc) is 2.04. The molecule has 0 aliphatic carbocycles. The second kappa shape index (κ2) is 5.00. The second-order valence-corrected chi connectivity index (χ2v) is 2.07. The molecule has 0 aromatic heterocycles. The lowest BCUT2D eigenvalue weighted by Crippen LogP contribution is -2.31. The molecule has 0 atom stereocenters. The molecule has 66 valence electrons. The van der Waals surface area contributed by atoms with Crippen molar-refractivity contribution in [1.82, 2.24) is 0 Å². The third kappa shape index (κ3) is 2.39. The first-order valence-electron chi connectivity index (χ1n) is 3.11. The Morgan fingerprint density at radius 2 is 1.75 bits per heavy atom. The van der Waals surface area contributed by atoms with Gasteiger partial charge >= 0.3 is 7.12 Å². The highest BCUT2D eigenvalue weighted by Crippen LogP contribution is 2.00. The fourth-order valence-electron chi connectivity index (χ4n) is 0.824. The fourth-order valence-corrected chi connectivity index (χ4v) is 0.824. The highest BCUT2D eigenvalue weighted by Gasteiger charge is 2.14. The minimum Gasteiger partial charge on any atom is -0.423 e. The SMILES string of the molecule is Cl.ONc1ccccc1B(O)O. The first kappa shape index (κ1) is 11.3.